The number of benzene rings is 3. The fraction of sp³-hybridized carbons (Fsp3) is 0.150. The summed E-state index contributed by atoms with van der Waals surface area (Å²) in [6.07, 6.45) is -0.792. The van der Waals surface area contributed by atoms with Gasteiger partial charge in [0.2, 0.25) is 0 Å². The summed E-state index contributed by atoms with van der Waals surface area (Å²) >= 11 is 6.17. The molecule has 0 spiro atoms. The molecule has 0 bridgehead atoms. The standard InChI is InChI=1S/C20H19ClNO4P/c1-2-22(20(23)25-15-16-9-4-3-5-10-16)27(21,24)26-19-14-8-12-17-11-6-7-13-18(17)19/h3-14H,2,15H2,1H3. The number of rotatable bonds is 6. The van der Waals surface area contributed by atoms with Gasteiger partial charge in [0.1, 0.15) is 12.4 Å². The van der Waals surface area contributed by atoms with E-state index in [1.807, 2.05) is 60.7 Å². The third-order valence-electron chi connectivity index (χ3n) is 3.96. The Labute approximate surface area is 162 Å². The Hall–Kier alpha value is -2.49. The molecule has 7 heteroatoms. The highest BCUT2D eigenvalue weighted by Crippen LogP contribution is 2.56. The van der Waals surface area contributed by atoms with Crippen LogP contribution >= 0.6 is 18.1 Å². The number of carbonyl (C=O) groups is 1. The molecule has 1 atom stereocenters. The van der Waals surface area contributed by atoms with E-state index in [1.54, 1.807) is 19.1 Å². The van der Waals surface area contributed by atoms with E-state index in [-0.39, 0.29) is 13.2 Å². The van der Waals surface area contributed by atoms with E-state index >= 15 is 0 Å². The van der Waals surface area contributed by atoms with Gasteiger partial charge in [-0.1, -0.05) is 66.7 Å². The molecule has 0 fully saturated rings. The highest BCUT2D eigenvalue weighted by atomic mass is 35.7. The van der Waals surface area contributed by atoms with Crippen molar-refractivity contribution in [2.45, 2.75) is 13.5 Å². The smallest absolute Gasteiger partial charge is 0.443 e. The van der Waals surface area contributed by atoms with Crippen LogP contribution in [0, 0.1) is 0 Å². The van der Waals surface area contributed by atoms with Crippen molar-refractivity contribution >= 4 is 35.0 Å². The van der Waals surface area contributed by atoms with Gasteiger partial charge in [0, 0.05) is 23.2 Å². The van der Waals surface area contributed by atoms with E-state index in [0.29, 0.717) is 5.75 Å². The quantitative estimate of drug-likeness (QED) is 0.458. The minimum atomic E-state index is -3.98. The van der Waals surface area contributed by atoms with Crippen LogP contribution in [0.3, 0.4) is 0 Å². The molecule has 0 aliphatic heterocycles. The summed E-state index contributed by atoms with van der Waals surface area (Å²) in [4.78, 5) is 12.4. The summed E-state index contributed by atoms with van der Waals surface area (Å²) in [7, 11) is 0. The maximum Gasteiger partial charge on any atom is 0.443 e. The summed E-state index contributed by atoms with van der Waals surface area (Å²) in [5, 5.41) is 1.68. The molecule has 1 unspecified atom stereocenters. The van der Waals surface area contributed by atoms with Crippen LogP contribution in [-0.4, -0.2) is 17.3 Å². The van der Waals surface area contributed by atoms with Crippen LogP contribution in [0.5, 0.6) is 5.75 Å². The molecule has 0 saturated heterocycles. The molecule has 0 aromatic heterocycles. The molecule has 0 aliphatic carbocycles. The first-order valence-electron chi connectivity index (χ1n) is 8.47. The van der Waals surface area contributed by atoms with E-state index in [9.17, 15) is 9.36 Å². The van der Waals surface area contributed by atoms with E-state index in [4.69, 9.17) is 20.5 Å². The van der Waals surface area contributed by atoms with Crippen LogP contribution in [0.15, 0.2) is 72.8 Å². The minimum absolute atomic E-state index is 0.0569. The van der Waals surface area contributed by atoms with Crippen LogP contribution in [0.4, 0.5) is 4.79 Å². The first kappa shape index (κ1) is 19.3. The van der Waals surface area contributed by atoms with Crippen molar-refractivity contribution in [3.63, 3.8) is 0 Å². The molecule has 0 saturated carbocycles. The molecule has 5 nitrogen and oxygen atoms in total. The van der Waals surface area contributed by atoms with Gasteiger partial charge < -0.3 is 9.26 Å². The van der Waals surface area contributed by atoms with Crippen LogP contribution in [0.2, 0.25) is 0 Å². The molecule has 0 radical (unpaired) electrons. The molecule has 3 rings (SSSR count). The maximum atomic E-state index is 13.0. The maximum absolute atomic E-state index is 13.0. The van der Waals surface area contributed by atoms with Gasteiger partial charge in [-0.3, -0.25) is 0 Å². The lowest BCUT2D eigenvalue weighted by molar-refractivity contribution is 0.118. The highest BCUT2D eigenvalue weighted by molar-refractivity contribution is 7.84. The second-order valence-corrected chi connectivity index (χ2v) is 8.63. The third-order valence-corrected chi connectivity index (χ3v) is 6.16. The molecule has 3 aromatic carbocycles. The van der Waals surface area contributed by atoms with Crippen LogP contribution < -0.4 is 4.52 Å². The van der Waals surface area contributed by atoms with E-state index in [1.165, 1.54) is 0 Å². The molecule has 27 heavy (non-hydrogen) atoms. The van der Waals surface area contributed by atoms with Crippen molar-refractivity contribution in [1.82, 2.24) is 4.67 Å². The lowest BCUT2D eigenvalue weighted by Gasteiger charge is -2.25. The normalized spacial score (nSPS) is 13.0. The lowest BCUT2D eigenvalue weighted by Crippen LogP contribution is -2.28. The number of amides is 1. The van der Waals surface area contributed by atoms with E-state index in [0.717, 1.165) is 21.0 Å². The van der Waals surface area contributed by atoms with E-state index < -0.39 is 13.0 Å². The number of nitrogens with zero attached hydrogens (tertiary/aromatic N) is 1. The minimum Gasteiger partial charge on any atom is -0.444 e. The number of halogens is 1. The number of carbonyl (C=O) groups excluding carboxylic acids is 1. The third kappa shape index (κ3) is 4.62. The average Bonchev–Trinajstić information content (AvgIpc) is 2.67. The van der Waals surface area contributed by atoms with Crippen molar-refractivity contribution in [2.24, 2.45) is 0 Å². The molecule has 1 amide bonds. The summed E-state index contributed by atoms with van der Waals surface area (Å²) in [5.74, 6) is 0.348. The van der Waals surface area contributed by atoms with Gasteiger partial charge in [-0.05, 0) is 23.9 Å². The van der Waals surface area contributed by atoms with Gasteiger partial charge in [-0.2, -0.15) is 0 Å². The van der Waals surface area contributed by atoms with Gasteiger partial charge >= 0.3 is 13.0 Å². The molecule has 0 N–H and O–H groups in total. The summed E-state index contributed by atoms with van der Waals surface area (Å²) in [6.45, 7) is -2.18. The number of fused-ring (bicyclic) bond motifs is 1. The zero-order valence-electron chi connectivity index (χ0n) is 14.7. The lowest BCUT2D eigenvalue weighted by atomic mass is 10.1. The largest absolute Gasteiger partial charge is 0.444 e. The number of hydrogen-bond donors (Lipinski definition) is 0. The van der Waals surface area contributed by atoms with Gasteiger partial charge in [0.15, 0.2) is 0 Å². The predicted molar refractivity (Wildman–Crippen MR) is 107 cm³/mol. The van der Waals surface area contributed by atoms with Gasteiger partial charge in [-0.15, -0.1) is 0 Å². The molecule has 0 heterocycles. The Kier molecular flexibility index (Phi) is 6.04. The Morgan fingerprint density at radius 3 is 2.41 bits per heavy atom. The van der Waals surface area contributed by atoms with Gasteiger partial charge in [0.05, 0.1) is 0 Å². The van der Waals surface area contributed by atoms with E-state index in [2.05, 4.69) is 0 Å². The Balaban J connectivity index is 1.76. The van der Waals surface area contributed by atoms with Crippen molar-refractivity contribution in [2.75, 3.05) is 6.54 Å². The Morgan fingerprint density at radius 1 is 1.00 bits per heavy atom. The van der Waals surface area contributed by atoms with Crippen molar-refractivity contribution in [3.8, 4) is 5.75 Å². The highest BCUT2D eigenvalue weighted by Gasteiger charge is 2.36. The van der Waals surface area contributed by atoms with Gasteiger partial charge in [0.25, 0.3) is 0 Å². The Morgan fingerprint density at radius 2 is 1.67 bits per heavy atom. The first-order valence-corrected chi connectivity index (χ1v) is 11.0. The van der Waals surface area contributed by atoms with Crippen molar-refractivity contribution in [1.29, 1.82) is 0 Å². The second kappa shape index (κ2) is 8.47. The SMILES string of the molecule is CCN(C(=O)OCc1ccccc1)P(=O)(Cl)Oc1cccc2ccccc12. The fourth-order valence-electron chi connectivity index (χ4n) is 2.64. The Bertz CT molecular complexity index is 975. The monoisotopic (exact) mass is 403 g/mol. The summed E-state index contributed by atoms with van der Waals surface area (Å²) < 4.78 is 24.7. The molecular formula is C20H19ClNO4P. The predicted octanol–water partition coefficient (Wildman–Crippen LogP) is 6.22. The topological polar surface area (TPSA) is 55.8 Å². The van der Waals surface area contributed by atoms with Crippen molar-refractivity contribution in [3.05, 3.63) is 78.4 Å². The zero-order valence-corrected chi connectivity index (χ0v) is 16.4. The number of hydrogen-bond acceptors (Lipinski definition) is 4. The average molecular weight is 404 g/mol. The molecular weight excluding hydrogens is 385 g/mol. The van der Waals surface area contributed by atoms with Crippen LogP contribution in [-0.2, 0) is 15.9 Å². The fourth-order valence-corrected chi connectivity index (χ4v) is 4.46. The number of ether oxygens (including phenoxy) is 1. The van der Waals surface area contributed by atoms with Gasteiger partial charge in [-0.25, -0.2) is 14.0 Å². The summed E-state index contributed by atoms with van der Waals surface area (Å²) in [6, 6.07) is 22.1. The zero-order chi connectivity index (χ0) is 19.3. The van der Waals surface area contributed by atoms with Crippen LogP contribution in [0.1, 0.15) is 12.5 Å². The molecule has 140 valence electrons. The second-order valence-electron chi connectivity index (χ2n) is 5.78. The van der Waals surface area contributed by atoms with Crippen LogP contribution in [0.25, 0.3) is 10.8 Å². The molecule has 3 aromatic rings. The summed E-state index contributed by atoms with van der Waals surface area (Å²) in [5.41, 5.74) is 0.821. The molecule has 0 aliphatic rings. The van der Waals surface area contributed by atoms with Crippen molar-refractivity contribution < 1.29 is 18.6 Å². The first-order chi connectivity index (χ1) is 13.0.